The number of allylic oxidation sites excluding steroid dienone is 1. The van der Waals surface area contributed by atoms with E-state index >= 15 is 0 Å². The van der Waals surface area contributed by atoms with Gasteiger partial charge in [-0.2, -0.15) is 5.10 Å². The van der Waals surface area contributed by atoms with Crippen molar-refractivity contribution in [3.63, 3.8) is 0 Å². The van der Waals surface area contributed by atoms with Crippen molar-refractivity contribution < 1.29 is 4.39 Å². The van der Waals surface area contributed by atoms with Crippen LogP contribution >= 0.6 is 0 Å². The molecule has 0 aliphatic heterocycles. The molecule has 7 nitrogen and oxygen atoms in total. The number of nitrogens with two attached hydrogens (primary N) is 1. The Labute approximate surface area is 177 Å². The predicted molar refractivity (Wildman–Crippen MR) is 117 cm³/mol. The van der Waals surface area contributed by atoms with Gasteiger partial charge in [-0.25, -0.2) is 14.1 Å². The highest BCUT2D eigenvalue weighted by Gasteiger charge is 2.13. The maximum absolute atomic E-state index is 14.9. The molecule has 4 aromatic rings. The summed E-state index contributed by atoms with van der Waals surface area (Å²) in [5, 5.41) is 4.32. The maximum Gasteiger partial charge on any atom is 0.209 e. The summed E-state index contributed by atoms with van der Waals surface area (Å²) in [4.78, 5) is 25.1. The van der Waals surface area contributed by atoms with Crippen LogP contribution in [0.1, 0.15) is 5.69 Å². The summed E-state index contributed by atoms with van der Waals surface area (Å²) in [6.07, 6.45) is 8.79. The Kier molecular flexibility index (Phi) is 5.70. The monoisotopic (exact) mass is 412 g/mol. The van der Waals surface area contributed by atoms with Gasteiger partial charge >= 0.3 is 0 Å². The summed E-state index contributed by atoms with van der Waals surface area (Å²) in [6.45, 7) is 0. The van der Waals surface area contributed by atoms with Crippen LogP contribution in [0.5, 0.6) is 0 Å². The van der Waals surface area contributed by atoms with Crippen molar-refractivity contribution in [2.45, 2.75) is 0 Å². The first-order chi connectivity index (χ1) is 15.2. The first-order valence-corrected chi connectivity index (χ1v) is 9.34. The van der Waals surface area contributed by atoms with E-state index in [1.807, 2.05) is 18.2 Å². The molecular formula is C23H17FN6O. The molecule has 0 radical (unpaired) electrons. The molecular weight excluding hydrogens is 395 g/mol. The smallest absolute Gasteiger partial charge is 0.209 e. The Morgan fingerprint density at radius 3 is 2.65 bits per heavy atom. The third-order valence-electron chi connectivity index (χ3n) is 4.36. The third-order valence-corrected chi connectivity index (χ3v) is 4.36. The molecule has 4 rings (SSSR count). The summed E-state index contributed by atoms with van der Waals surface area (Å²) in [5.74, 6) is -0.527. The Balaban J connectivity index is 1.77. The molecule has 2 N–H and O–H groups in total. The van der Waals surface area contributed by atoms with Gasteiger partial charge in [0.25, 0.3) is 0 Å². The van der Waals surface area contributed by atoms with Crippen molar-refractivity contribution in [3.8, 4) is 16.9 Å². The molecule has 2 heterocycles. The van der Waals surface area contributed by atoms with Gasteiger partial charge in [0.2, 0.25) is 5.43 Å². The zero-order valence-electron chi connectivity index (χ0n) is 16.3. The maximum atomic E-state index is 14.9. The molecule has 0 saturated carbocycles. The van der Waals surface area contributed by atoms with Gasteiger partial charge in [0.05, 0.1) is 23.3 Å². The SMILES string of the molecule is NC=CC(=Nc1ccccc1)c1nn(-c2ccc(-c3cnccn3)cc2F)ccc1=O. The topological polar surface area (TPSA) is 99.1 Å². The number of aliphatic imine (C=N–C) groups is 1. The fourth-order valence-electron chi connectivity index (χ4n) is 2.92. The molecule has 31 heavy (non-hydrogen) atoms. The standard InChI is InChI=1S/C23H17FN6O/c24-18-14-16(20-15-26-11-12-27-20)6-7-21(18)30-13-9-22(31)23(29-30)19(8-10-25)28-17-4-2-1-3-5-17/h1-15H,25H2. The van der Waals surface area contributed by atoms with Gasteiger partial charge in [-0.1, -0.05) is 24.3 Å². The van der Waals surface area contributed by atoms with E-state index in [1.54, 1.807) is 36.7 Å². The van der Waals surface area contributed by atoms with Crippen LogP contribution in [0.2, 0.25) is 0 Å². The Morgan fingerprint density at radius 1 is 1.10 bits per heavy atom. The van der Waals surface area contributed by atoms with Crippen LogP contribution in [-0.4, -0.2) is 25.5 Å². The second kappa shape index (κ2) is 8.91. The summed E-state index contributed by atoms with van der Waals surface area (Å²) in [6, 6.07) is 15.0. The fourth-order valence-corrected chi connectivity index (χ4v) is 2.92. The molecule has 0 atom stereocenters. The van der Waals surface area contributed by atoms with E-state index < -0.39 is 5.82 Å². The minimum Gasteiger partial charge on any atom is -0.405 e. The lowest BCUT2D eigenvalue weighted by Crippen LogP contribution is -2.20. The molecule has 152 valence electrons. The van der Waals surface area contributed by atoms with Crippen molar-refractivity contribution >= 4 is 11.4 Å². The Morgan fingerprint density at radius 2 is 1.94 bits per heavy atom. The van der Waals surface area contributed by atoms with Crippen molar-refractivity contribution in [1.29, 1.82) is 0 Å². The van der Waals surface area contributed by atoms with E-state index in [1.165, 1.54) is 41.5 Å². The van der Waals surface area contributed by atoms with E-state index in [0.29, 0.717) is 16.9 Å². The average molecular weight is 412 g/mol. The number of aromatic nitrogens is 4. The van der Waals surface area contributed by atoms with Crippen LogP contribution in [0.25, 0.3) is 16.9 Å². The molecule has 2 aromatic heterocycles. The van der Waals surface area contributed by atoms with Crippen LogP contribution in [0.4, 0.5) is 10.1 Å². The van der Waals surface area contributed by atoms with E-state index in [9.17, 15) is 9.18 Å². The predicted octanol–water partition coefficient (Wildman–Crippen LogP) is 3.42. The highest BCUT2D eigenvalue weighted by atomic mass is 19.1. The van der Waals surface area contributed by atoms with Gasteiger partial charge in [0.15, 0.2) is 5.69 Å². The number of hydrogen-bond acceptors (Lipinski definition) is 6. The minimum atomic E-state index is -0.527. The first-order valence-electron chi connectivity index (χ1n) is 9.34. The molecule has 2 aromatic carbocycles. The van der Waals surface area contributed by atoms with E-state index in [-0.39, 0.29) is 22.5 Å². The van der Waals surface area contributed by atoms with Gasteiger partial charge in [-0.15, -0.1) is 0 Å². The quantitative estimate of drug-likeness (QED) is 0.507. The highest BCUT2D eigenvalue weighted by Crippen LogP contribution is 2.21. The highest BCUT2D eigenvalue weighted by molar-refractivity contribution is 6.08. The molecule has 0 spiro atoms. The van der Waals surface area contributed by atoms with Gasteiger partial charge in [-0.3, -0.25) is 14.8 Å². The summed E-state index contributed by atoms with van der Waals surface area (Å²) >= 11 is 0. The van der Waals surface area contributed by atoms with Crippen LogP contribution < -0.4 is 11.2 Å². The van der Waals surface area contributed by atoms with Gasteiger partial charge in [-0.05, 0) is 36.5 Å². The molecule has 0 fully saturated rings. The van der Waals surface area contributed by atoms with Crippen molar-refractivity contribution in [2.75, 3.05) is 0 Å². The van der Waals surface area contributed by atoms with Gasteiger partial charge < -0.3 is 5.73 Å². The molecule has 0 aliphatic rings. The number of halogens is 1. The second-order valence-electron chi connectivity index (χ2n) is 6.42. The molecule has 0 bridgehead atoms. The lowest BCUT2D eigenvalue weighted by atomic mass is 10.1. The van der Waals surface area contributed by atoms with Gasteiger partial charge in [0.1, 0.15) is 11.5 Å². The minimum absolute atomic E-state index is 0.0467. The molecule has 0 aliphatic carbocycles. The number of nitrogens with zero attached hydrogens (tertiary/aromatic N) is 5. The molecule has 0 amide bonds. The summed E-state index contributed by atoms with van der Waals surface area (Å²) < 4.78 is 16.2. The zero-order valence-corrected chi connectivity index (χ0v) is 16.3. The van der Waals surface area contributed by atoms with E-state index in [0.717, 1.165) is 0 Å². The third kappa shape index (κ3) is 4.43. The van der Waals surface area contributed by atoms with Crippen LogP contribution in [0, 0.1) is 5.82 Å². The van der Waals surface area contributed by atoms with Crippen molar-refractivity contribution in [2.24, 2.45) is 10.7 Å². The van der Waals surface area contributed by atoms with E-state index in [2.05, 4.69) is 20.1 Å². The lowest BCUT2D eigenvalue weighted by molar-refractivity contribution is 0.608. The second-order valence-corrected chi connectivity index (χ2v) is 6.42. The molecule has 0 unspecified atom stereocenters. The normalized spacial score (nSPS) is 11.7. The lowest BCUT2D eigenvalue weighted by Gasteiger charge is -2.10. The number of benzene rings is 2. The number of rotatable bonds is 5. The summed E-state index contributed by atoms with van der Waals surface area (Å²) in [5.41, 5.74) is 7.43. The molecule has 0 saturated heterocycles. The zero-order chi connectivity index (χ0) is 21.6. The average Bonchev–Trinajstić information content (AvgIpc) is 2.80. The van der Waals surface area contributed by atoms with Crippen LogP contribution in [-0.2, 0) is 0 Å². The Hall–Kier alpha value is -4.46. The van der Waals surface area contributed by atoms with Crippen LogP contribution in [0.3, 0.4) is 0 Å². The Bertz CT molecular complexity index is 1320. The number of para-hydroxylation sites is 1. The number of hydrogen-bond donors (Lipinski definition) is 1. The van der Waals surface area contributed by atoms with Crippen molar-refractivity contribution in [1.82, 2.24) is 19.7 Å². The largest absolute Gasteiger partial charge is 0.405 e. The first kappa shape index (κ1) is 19.8. The van der Waals surface area contributed by atoms with E-state index in [4.69, 9.17) is 5.73 Å². The summed E-state index contributed by atoms with van der Waals surface area (Å²) in [7, 11) is 0. The van der Waals surface area contributed by atoms with Crippen LogP contribution in [0.15, 0.2) is 101 Å². The van der Waals surface area contributed by atoms with Crippen molar-refractivity contribution in [3.05, 3.63) is 113 Å². The molecule has 8 heteroatoms. The van der Waals surface area contributed by atoms with Gasteiger partial charge in [0, 0.05) is 30.2 Å². The fraction of sp³-hybridized carbons (Fsp3) is 0.